The van der Waals surface area contributed by atoms with Crippen LogP contribution in [0.4, 0.5) is 0 Å². The zero-order valence-corrected chi connectivity index (χ0v) is 16.7. The number of carboxylic acids is 1. The van der Waals surface area contributed by atoms with E-state index >= 15 is 0 Å². The average Bonchev–Trinajstić information content (AvgIpc) is 2.60. The minimum atomic E-state index is -1.01. The van der Waals surface area contributed by atoms with Gasteiger partial charge in [-0.3, -0.25) is 4.79 Å². The van der Waals surface area contributed by atoms with Crippen LogP contribution in [0.5, 0.6) is 11.5 Å². The number of hydrogen-bond donors (Lipinski definition) is 2. The van der Waals surface area contributed by atoms with Crippen LogP contribution in [0, 0.1) is 0 Å². The Bertz CT molecular complexity index is 838. The second-order valence-electron chi connectivity index (χ2n) is 4.93. The number of rotatable bonds is 7. The molecule has 26 heavy (non-hydrogen) atoms. The molecule has 136 valence electrons. The molecule has 0 saturated heterocycles. The second-order valence-corrected chi connectivity index (χ2v) is 6.70. The van der Waals surface area contributed by atoms with Crippen LogP contribution < -0.4 is 14.9 Å². The van der Waals surface area contributed by atoms with Gasteiger partial charge in [0.1, 0.15) is 0 Å². The molecule has 0 atom stereocenters. The number of nitrogens with one attached hydrogen (secondary N) is 1. The molecule has 9 heteroatoms. The number of carbonyl (C=O) groups excluding carboxylic acids is 1. The lowest BCUT2D eigenvalue weighted by molar-refractivity contribution is -0.123. The van der Waals surface area contributed by atoms with E-state index in [1.807, 2.05) is 0 Å². The lowest BCUT2D eigenvalue weighted by Crippen LogP contribution is -2.24. The minimum absolute atomic E-state index is 0.175. The van der Waals surface area contributed by atoms with Crippen LogP contribution in [0.2, 0.25) is 0 Å². The Morgan fingerprint density at radius 1 is 1.23 bits per heavy atom. The molecule has 0 saturated carbocycles. The van der Waals surface area contributed by atoms with Crippen molar-refractivity contribution in [3.8, 4) is 11.5 Å². The summed E-state index contributed by atoms with van der Waals surface area (Å²) in [5, 5.41) is 12.6. The molecule has 0 aromatic heterocycles. The number of hydrogen-bond acceptors (Lipinski definition) is 5. The van der Waals surface area contributed by atoms with Crippen molar-refractivity contribution in [3.63, 3.8) is 0 Å². The van der Waals surface area contributed by atoms with E-state index in [1.54, 1.807) is 24.3 Å². The van der Waals surface area contributed by atoms with Crippen molar-refractivity contribution in [3.05, 3.63) is 56.5 Å². The number of aromatic carboxylic acids is 1. The van der Waals surface area contributed by atoms with E-state index in [4.69, 9.17) is 14.6 Å². The van der Waals surface area contributed by atoms with E-state index in [1.165, 1.54) is 25.5 Å². The van der Waals surface area contributed by atoms with Gasteiger partial charge in [0.15, 0.2) is 18.1 Å². The summed E-state index contributed by atoms with van der Waals surface area (Å²) in [6.07, 6.45) is 1.40. The van der Waals surface area contributed by atoms with Crippen LogP contribution in [0.25, 0.3) is 0 Å². The summed E-state index contributed by atoms with van der Waals surface area (Å²) < 4.78 is 12.1. The van der Waals surface area contributed by atoms with Crippen molar-refractivity contribution < 1.29 is 24.2 Å². The van der Waals surface area contributed by atoms with Gasteiger partial charge in [0, 0.05) is 4.47 Å². The highest BCUT2D eigenvalue weighted by Gasteiger charge is 2.12. The maximum atomic E-state index is 11.8. The quantitative estimate of drug-likeness (QED) is 0.462. The highest BCUT2D eigenvalue weighted by molar-refractivity contribution is 9.11. The highest BCUT2D eigenvalue weighted by Crippen LogP contribution is 2.38. The molecule has 7 nitrogen and oxygen atoms in total. The third kappa shape index (κ3) is 5.57. The van der Waals surface area contributed by atoms with Crippen molar-refractivity contribution in [1.29, 1.82) is 0 Å². The molecule has 0 bridgehead atoms. The van der Waals surface area contributed by atoms with Crippen LogP contribution in [0.1, 0.15) is 15.9 Å². The first kappa shape index (κ1) is 19.9. The summed E-state index contributed by atoms with van der Waals surface area (Å²) in [5.41, 5.74) is 3.15. The molecule has 0 heterocycles. The molecular formula is C17H14Br2N2O5. The Balaban J connectivity index is 1.90. The molecule has 0 aliphatic heterocycles. The molecule has 2 rings (SSSR count). The monoisotopic (exact) mass is 484 g/mol. The maximum Gasteiger partial charge on any atom is 0.335 e. The van der Waals surface area contributed by atoms with Crippen molar-refractivity contribution in [2.75, 3.05) is 13.7 Å². The van der Waals surface area contributed by atoms with Crippen molar-refractivity contribution in [1.82, 2.24) is 5.43 Å². The average molecular weight is 486 g/mol. The Morgan fingerprint density at radius 2 is 1.92 bits per heavy atom. The van der Waals surface area contributed by atoms with E-state index < -0.39 is 11.9 Å². The van der Waals surface area contributed by atoms with Gasteiger partial charge in [-0.15, -0.1) is 0 Å². The van der Waals surface area contributed by atoms with Crippen LogP contribution in [-0.2, 0) is 4.79 Å². The molecule has 0 aliphatic rings. The molecule has 1 amide bonds. The van der Waals surface area contributed by atoms with Crippen LogP contribution in [0.15, 0.2) is 50.4 Å². The molecule has 0 spiro atoms. The third-order valence-electron chi connectivity index (χ3n) is 3.10. The van der Waals surface area contributed by atoms with Gasteiger partial charge in [0.2, 0.25) is 0 Å². The summed E-state index contributed by atoms with van der Waals surface area (Å²) in [5.74, 6) is -0.589. The fourth-order valence-electron chi connectivity index (χ4n) is 1.89. The predicted molar refractivity (Wildman–Crippen MR) is 103 cm³/mol. The van der Waals surface area contributed by atoms with Crippen LogP contribution >= 0.6 is 31.9 Å². The number of ether oxygens (including phenoxy) is 2. The van der Waals surface area contributed by atoms with Crippen molar-refractivity contribution in [2.24, 2.45) is 5.10 Å². The third-order valence-corrected chi connectivity index (χ3v) is 4.15. The standard InChI is InChI=1S/C17H14Br2N2O5/c1-25-14-7-12(18)6-13(19)16(14)26-9-15(22)21-20-8-10-2-4-11(5-3-10)17(23)24/h2-8H,9H2,1H3,(H,21,22)(H,23,24)/b20-8+. The largest absolute Gasteiger partial charge is 0.493 e. The molecule has 2 N–H and O–H groups in total. The van der Waals surface area contributed by atoms with Gasteiger partial charge in [-0.1, -0.05) is 28.1 Å². The Kier molecular flexibility index (Phi) is 7.16. The first-order valence-corrected chi connectivity index (χ1v) is 8.80. The van der Waals surface area contributed by atoms with Crippen molar-refractivity contribution in [2.45, 2.75) is 0 Å². The Morgan fingerprint density at radius 3 is 2.54 bits per heavy atom. The maximum absolute atomic E-state index is 11.8. The normalized spacial score (nSPS) is 10.6. The van der Waals surface area contributed by atoms with E-state index in [9.17, 15) is 9.59 Å². The van der Waals surface area contributed by atoms with Gasteiger partial charge in [-0.2, -0.15) is 5.10 Å². The van der Waals surface area contributed by atoms with Gasteiger partial charge in [0.05, 0.1) is 23.4 Å². The lowest BCUT2D eigenvalue weighted by Gasteiger charge is -2.12. The first-order valence-electron chi connectivity index (χ1n) is 7.22. The number of hydrazone groups is 1. The fourth-order valence-corrected chi connectivity index (χ4v) is 3.19. The van der Waals surface area contributed by atoms with Crippen molar-refractivity contribution >= 4 is 50.0 Å². The lowest BCUT2D eigenvalue weighted by atomic mass is 10.1. The second kappa shape index (κ2) is 9.35. The summed E-state index contributed by atoms with van der Waals surface area (Å²) >= 11 is 6.69. The van der Waals surface area contributed by atoms with E-state index in [2.05, 4.69) is 42.4 Å². The summed E-state index contributed by atoms with van der Waals surface area (Å²) in [4.78, 5) is 22.6. The van der Waals surface area contributed by atoms with E-state index in [0.717, 1.165) is 4.47 Å². The number of carbonyl (C=O) groups is 2. The molecule has 0 fully saturated rings. The molecular weight excluding hydrogens is 472 g/mol. The molecule has 0 aliphatic carbocycles. The number of amides is 1. The topological polar surface area (TPSA) is 97.2 Å². The number of carboxylic acid groups (broad SMARTS) is 1. The number of benzene rings is 2. The molecule has 2 aromatic carbocycles. The predicted octanol–water partition coefficient (Wildman–Crippen LogP) is 3.45. The Labute approximate surface area is 166 Å². The minimum Gasteiger partial charge on any atom is -0.493 e. The fraction of sp³-hybridized carbons (Fsp3) is 0.118. The zero-order chi connectivity index (χ0) is 19.1. The Hall–Kier alpha value is -2.39. The van der Waals surface area contributed by atoms with Gasteiger partial charge in [-0.05, 0) is 45.8 Å². The number of methoxy groups -OCH3 is 1. The van der Waals surface area contributed by atoms with Gasteiger partial charge in [-0.25, -0.2) is 10.2 Å². The highest BCUT2D eigenvalue weighted by atomic mass is 79.9. The summed E-state index contributed by atoms with van der Waals surface area (Å²) in [6.45, 7) is -0.258. The zero-order valence-electron chi connectivity index (χ0n) is 13.5. The molecule has 0 unspecified atom stereocenters. The molecule has 0 radical (unpaired) electrons. The van der Waals surface area contributed by atoms with Gasteiger partial charge < -0.3 is 14.6 Å². The number of nitrogens with zero attached hydrogens (tertiary/aromatic N) is 1. The number of halogens is 2. The summed E-state index contributed by atoms with van der Waals surface area (Å²) in [7, 11) is 1.50. The van der Waals surface area contributed by atoms with Gasteiger partial charge in [0.25, 0.3) is 5.91 Å². The van der Waals surface area contributed by atoms with Crippen LogP contribution in [0.3, 0.4) is 0 Å². The SMILES string of the molecule is COc1cc(Br)cc(Br)c1OCC(=O)N/N=C/c1ccc(C(=O)O)cc1. The summed E-state index contributed by atoms with van der Waals surface area (Å²) in [6, 6.07) is 9.56. The molecule has 2 aromatic rings. The van der Waals surface area contributed by atoms with Crippen LogP contribution in [-0.4, -0.2) is 36.9 Å². The van der Waals surface area contributed by atoms with Gasteiger partial charge >= 0.3 is 5.97 Å². The van der Waals surface area contributed by atoms with E-state index in [-0.39, 0.29) is 12.2 Å². The van der Waals surface area contributed by atoms with E-state index in [0.29, 0.717) is 21.5 Å². The first-order chi connectivity index (χ1) is 12.4. The smallest absolute Gasteiger partial charge is 0.335 e.